The van der Waals surface area contributed by atoms with E-state index in [9.17, 15) is 0 Å². The molecule has 0 unspecified atom stereocenters. The van der Waals surface area contributed by atoms with E-state index in [2.05, 4.69) is 58.5 Å². The number of rotatable bonds is 6. The molecule has 0 spiro atoms. The van der Waals surface area contributed by atoms with Crippen molar-refractivity contribution in [1.29, 1.82) is 0 Å². The fourth-order valence-corrected chi connectivity index (χ4v) is 3.46. The normalized spacial score (nSPS) is 10.7. The van der Waals surface area contributed by atoms with Crippen LogP contribution in [0.25, 0.3) is 0 Å². The minimum Gasteiger partial charge on any atom is -0.396 e. The van der Waals surface area contributed by atoms with Gasteiger partial charge in [0.1, 0.15) is 0 Å². The monoisotopic (exact) mass is 339 g/mol. The lowest BCUT2D eigenvalue weighted by molar-refractivity contribution is 0.288. The van der Waals surface area contributed by atoms with Crippen molar-refractivity contribution in [1.82, 2.24) is 0 Å². The lowest BCUT2D eigenvalue weighted by atomic mass is 10.1. The third-order valence-electron chi connectivity index (χ3n) is 2.93. The van der Waals surface area contributed by atoms with E-state index in [1.807, 2.05) is 11.3 Å². The molecule has 0 atom stereocenters. The first-order valence-electron chi connectivity index (χ1n) is 6.37. The maximum absolute atomic E-state index is 8.86. The Morgan fingerprint density at radius 3 is 2.84 bits per heavy atom. The topological polar surface area (TPSA) is 32.3 Å². The fraction of sp³-hybridized carbons (Fsp3) is 0.333. The Morgan fingerprint density at radius 2 is 2.16 bits per heavy atom. The molecule has 4 heteroatoms. The molecule has 19 heavy (non-hydrogen) atoms. The van der Waals surface area contributed by atoms with Gasteiger partial charge in [0.2, 0.25) is 0 Å². The smallest absolute Gasteiger partial charge is 0.0494 e. The van der Waals surface area contributed by atoms with Gasteiger partial charge in [0, 0.05) is 33.1 Å². The van der Waals surface area contributed by atoms with Gasteiger partial charge in [0.25, 0.3) is 0 Å². The van der Waals surface area contributed by atoms with Gasteiger partial charge in [-0.15, -0.1) is 11.3 Å². The summed E-state index contributed by atoms with van der Waals surface area (Å²) >= 11 is 5.35. The number of halogens is 1. The quantitative estimate of drug-likeness (QED) is 0.819. The predicted molar refractivity (Wildman–Crippen MR) is 85.9 cm³/mol. The van der Waals surface area contributed by atoms with Crippen LogP contribution in [0.15, 0.2) is 34.8 Å². The maximum atomic E-state index is 8.86. The van der Waals surface area contributed by atoms with Gasteiger partial charge in [-0.25, -0.2) is 0 Å². The number of hydrogen-bond donors (Lipinski definition) is 2. The van der Waals surface area contributed by atoms with Crippen molar-refractivity contribution in [3.05, 3.63) is 50.1 Å². The number of anilines is 1. The van der Waals surface area contributed by atoms with E-state index in [0.717, 1.165) is 25.1 Å². The summed E-state index contributed by atoms with van der Waals surface area (Å²) in [6, 6.07) is 10.6. The van der Waals surface area contributed by atoms with Gasteiger partial charge in [0.15, 0.2) is 0 Å². The van der Waals surface area contributed by atoms with Crippen LogP contribution in [0.2, 0.25) is 0 Å². The molecule has 2 aromatic rings. The average molecular weight is 340 g/mol. The second-order valence-corrected chi connectivity index (χ2v) is 6.69. The number of thiophene rings is 1. The van der Waals surface area contributed by atoms with E-state index < -0.39 is 0 Å². The molecule has 0 bridgehead atoms. The number of aliphatic hydroxyl groups excluding tert-OH is 1. The van der Waals surface area contributed by atoms with E-state index in [1.54, 1.807) is 0 Å². The number of aliphatic hydroxyl groups is 1. The molecule has 2 rings (SSSR count). The van der Waals surface area contributed by atoms with Crippen LogP contribution in [0, 0.1) is 6.92 Å². The Balaban J connectivity index is 1.95. The first-order valence-corrected chi connectivity index (χ1v) is 7.98. The minimum atomic E-state index is 0.250. The Hall–Kier alpha value is -0.840. The zero-order valence-electron chi connectivity index (χ0n) is 10.9. The standard InChI is InChI=1S/C15H18BrNOS/c1-11-15(16)9-14(19-11)10-17-13-6-2-4-12(8-13)5-3-7-18/h2,4,6,8-9,17-18H,3,5,7,10H2,1H3. The van der Waals surface area contributed by atoms with E-state index in [0.29, 0.717) is 0 Å². The minimum absolute atomic E-state index is 0.250. The highest BCUT2D eigenvalue weighted by atomic mass is 79.9. The molecule has 0 aliphatic rings. The molecule has 0 aliphatic heterocycles. The van der Waals surface area contributed by atoms with Crippen molar-refractivity contribution in [2.45, 2.75) is 26.3 Å². The Labute approximate surface area is 126 Å². The highest BCUT2D eigenvalue weighted by Gasteiger charge is 2.03. The summed E-state index contributed by atoms with van der Waals surface area (Å²) in [5.41, 5.74) is 2.40. The highest BCUT2D eigenvalue weighted by Crippen LogP contribution is 2.27. The van der Waals surface area contributed by atoms with E-state index in [1.165, 1.54) is 19.8 Å². The lowest BCUT2D eigenvalue weighted by Crippen LogP contribution is -1.98. The van der Waals surface area contributed by atoms with Crippen molar-refractivity contribution in [3.8, 4) is 0 Å². The van der Waals surface area contributed by atoms with E-state index in [4.69, 9.17) is 5.11 Å². The van der Waals surface area contributed by atoms with Crippen molar-refractivity contribution in [2.75, 3.05) is 11.9 Å². The van der Waals surface area contributed by atoms with Crippen LogP contribution >= 0.6 is 27.3 Å². The molecule has 0 aliphatic carbocycles. The van der Waals surface area contributed by atoms with Crippen molar-refractivity contribution < 1.29 is 5.11 Å². The molecule has 2 nitrogen and oxygen atoms in total. The molecule has 1 aromatic heterocycles. The zero-order valence-corrected chi connectivity index (χ0v) is 13.4. The van der Waals surface area contributed by atoms with Gasteiger partial charge in [-0.3, -0.25) is 0 Å². The summed E-state index contributed by atoms with van der Waals surface area (Å²) in [7, 11) is 0. The number of aryl methyl sites for hydroxylation is 2. The highest BCUT2D eigenvalue weighted by molar-refractivity contribution is 9.10. The predicted octanol–water partition coefficient (Wildman–Crippen LogP) is 4.36. The molecule has 1 aromatic carbocycles. The van der Waals surface area contributed by atoms with Gasteiger partial charge >= 0.3 is 0 Å². The van der Waals surface area contributed by atoms with Gasteiger partial charge in [-0.1, -0.05) is 12.1 Å². The lowest BCUT2D eigenvalue weighted by Gasteiger charge is -2.07. The third-order valence-corrected chi connectivity index (χ3v) is 5.06. The Kier molecular flexibility index (Phi) is 5.43. The van der Waals surface area contributed by atoms with E-state index in [-0.39, 0.29) is 6.61 Å². The molecule has 0 saturated heterocycles. The molecule has 0 amide bonds. The van der Waals surface area contributed by atoms with Crippen LogP contribution in [0.3, 0.4) is 0 Å². The van der Waals surface area contributed by atoms with Crippen molar-refractivity contribution in [3.63, 3.8) is 0 Å². The van der Waals surface area contributed by atoms with Crippen LogP contribution in [-0.4, -0.2) is 11.7 Å². The fourth-order valence-electron chi connectivity index (χ4n) is 1.91. The second-order valence-electron chi connectivity index (χ2n) is 4.50. The Morgan fingerprint density at radius 1 is 1.32 bits per heavy atom. The molecule has 102 valence electrons. The molecule has 0 saturated carbocycles. The SMILES string of the molecule is Cc1sc(CNc2cccc(CCCO)c2)cc1Br. The molecule has 0 radical (unpaired) electrons. The van der Waals surface area contributed by atoms with Crippen LogP contribution < -0.4 is 5.32 Å². The van der Waals surface area contributed by atoms with Crippen LogP contribution in [0.1, 0.15) is 21.7 Å². The first kappa shape index (κ1) is 14.6. The summed E-state index contributed by atoms with van der Waals surface area (Å²) in [4.78, 5) is 2.64. The summed E-state index contributed by atoms with van der Waals surface area (Å²) in [5.74, 6) is 0. The number of nitrogens with one attached hydrogen (secondary N) is 1. The summed E-state index contributed by atoms with van der Waals surface area (Å²) < 4.78 is 1.19. The summed E-state index contributed by atoms with van der Waals surface area (Å²) in [6.45, 7) is 3.22. The maximum Gasteiger partial charge on any atom is 0.0494 e. The van der Waals surface area contributed by atoms with Crippen molar-refractivity contribution >= 4 is 33.0 Å². The Bertz CT molecular complexity index is 519. The number of hydrogen-bond acceptors (Lipinski definition) is 3. The van der Waals surface area contributed by atoms with Crippen molar-refractivity contribution in [2.24, 2.45) is 0 Å². The van der Waals surface area contributed by atoms with Crippen LogP contribution in [0.5, 0.6) is 0 Å². The summed E-state index contributed by atoms with van der Waals surface area (Å²) in [5, 5.41) is 12.3. The second kappa shape index (κ2) is 7.08. The largest absolute Gasteiger partial charge is 0.396 e. The van der Waals surface area contributed by atoms with Gasteiger partial charge < -0.3 is 10.4 Å². The van der Waals surface area contributed by atoms with Gasteiger partial charge in [-0.05, 0) is 59.5 Å². The van der Waals surface area contributed by atoms with Gasteiger partial charge in [0.05, 0.1) is 0 Å². The first-order chi connectivity index (χ1) is 9.19. The summed E-state index contributed by atoms with van der Waals surface area (Å²) in [6.07, 6.45) is 1.75. The van der Waals surface area contributed by atoms with E-state index >= 15 is 0 Å². The third kappa shape index (κ3) is 4.34. The zero-order chi connectivity index (χ0) is 13.7. The number of benzene rings is 1. The average Bonchev–Trinajstić information content (AvgIpc) is 2.74. The molecule has 2 N–H and O–H groups in total. The van der Waals surface area contributed by atoms with Gasteiger partial charge in [-0.2, -0.15) is 0 Å². The molecule has 0 fully saturated rings. The molecular weight excluding hydrogens is 322 g/mol. The van der Waals surface area contributed by atoms with Crippen LogP contribution in [0.4, 0.5) is 5.69 Å². The molecular formula is C15H18BrNOS. The molecule has 1 heterocycles. The van der Waals surface area contributed by atoms with Crippen LogP contribution in [-0.2, 0) is 13.0 Å².